The van der Waals surface area contributed by atoms with Gasteiger partial charge >= 0.3 is 0 Å². The van der Waals surface area contributed by atoms with E-state index in [1.54, 1.807) is 0 Å². The van der Waals surface area contributed by atoms with E-state index in [0.29, 0.717) is 5.41 Å². The molecule has 2 nitrogen and oxygen atoms in total. The fourth-order valence-electron chi connectivity index (χ4n) is 2.26. The lowest BCUT2D eigenvalue weighted by Gasteiger charge is -2.38. The summed E-state index contributed by atoms with van der Waals surface area (Å²) in [7, 11) is 0. The number of piperidine rings is 1. The zero-order valence-electron chi connectivity index (χ0n) is 10.5. The first-order valence-electron chi connectivity index (χ1n) is 6.16. The summed E-state index contributed by atoms with van der Waals surface area (Å²) in [5, 5.41) is 9.10. The minimum absolute atomic E-state index is 0.103. The van der Waals surface area contributed by atoms with E-state index in [9.17, 15) is 0 Å². The van der Waals surface area contributed by atoms with Crippen LogP contribution >= 0.6 is 15.9 Å². The summed E-state index contributed by atoms with van der Waals surface area (Å²) < 4.78 is 1.09. The highest BCUT2D eigenvalue weighted by atomic mass is 79.9. The molecule has 0 spiro atoms. The molecule has 94 valence electrons. The van der Waals surface area contributed by atoms with E-state index in [0.717, 1.165) is 23.1 Å². The topological polar surface area (TPSA) is 23.5 Å². The number of hydrogen-bond donors (Lipinski definition) is 1. The number of hydrogen-bond acceptors (Lipinski definition) is 2. The molecule has 0 aromatic heterocycles. The van der Waals surface area contributed by atoms with Gasteiger partial charge in [-0.05, 0) is 51.9 Å². The van der Waals surface area contributed by atoms with Crippen LogP contribution in [0.5, 0.6) is 0 Å². The molecule has 1 aliphatic heterocycles. The van der Waals surface area contributed by atoms with Crippen molar-refractivity contribution in [1.82, 2.24) is 0 Å². The van der Waals surface area contributed by atoms with Gasteiger partial charge in [-0.2, -0.15) is 0 Å². The normalized spacial score (nSPS) is 19.4. The van der Waals surface area contributed by atoms with Crippen LogP contribution in [0.1, 0.15) is 32.3 Å². The second kappa shape index (κ2) is 4.99. The molecule has 0 unspecified atom stereocenters. The van der Waals surface area contributed by atoms with Gasteiger partial charge in [0.15, 0.2) is 0 Å². The average molecular weight is 298 g/mol. The van der Waals surface area contributed by atoms with Crippen molar-refractivity contribution in [2.45, 2.75) is 33.3 Å². The zero-order chi connectivity index (χ0) is 12.5. The molecule has 0 atom stereocenters. The second-order valence-corrected chi connectivity index (χ2v) is 6.45. The van der Waals surface area contributed by atoms with Crippen molar-refractivity contribution in [2.75, 3.05) is 18.0 Å². The van der Waals surface area contributed by atoms with E-state index in [-0.39, 0.29) is 6.61 Å². The number of aliphatic hydroxyl groups is 1. The van der Waals surface area contributed by atoms with Crippen LogP contribution in [0.25, 0.3) is 0 Å². The summed E-state index contributed by atoms with van der Waals surface area (Å²) in [6, 6.07) is 6.11. The Labute approximate surface area is 112 Å². The molecule has 3 heteroatoms. The van der Waals surface area contributed by atoms with Gasteiger partial charge in [-0.15, -0.1) is 0 Å². The molecular weight excluding hydrogens is 278 g/mol. The van der Waals surface area contributed by atoms with E-state index in [1.807, 2.05) is 12.1 Å². The van der Waals surface area contributed by atoms with Gasteiger partial charge in [0.05, 0.1) is 12.3 Å². The Balaban J connectivity index is 2.13. The number of anilines is 1. The van der Waals surface area contributed by atoms with Crippen molar-refractivity contribution >= 4 is 21.6 Å². The number of nitrogens with zero attached hydrogens (tertiary/aromatic N) is 1. The lowest BCUT2D eigenvalue weighted by atomic mass is 9.82. The van der Waals surface area contributed by atoms with Gasteiger partial charge in [-0.1, -0.05) is 19.9 Å². The molecule has 1 fully saturated rings. The average Bonchev–Trinajstić information content (AvgIpc) is 2.29. The van der Waals surface area contributed by atoms with E-state index in [2.05, 4.69) is 40.7 Å². The van der Waals surface area contributed by atoms with Crippen LogP contribution in [0.3, 0.4) is 0 Å². The van der Waals surface area contributed by atoms with Crippen LogP contribution < -0.4 is 4.90 Å². The summed E-state index contributed by atoms with van der Waals surface area (Å²) in [5.74, 6) is 0. The molecule has 0 aliphatic carbocycles. The molecule has 1 saturated heterocycles. The van der Waals surface area contributed by atoms with Crippen LogP contribution in [-0.2, 0) is 6.61 Å². The number of benzene rings is 1. The van der Waals surface area contributed by atoms with Crippen molar-refractivity contribution in [3.05, 3.63) is 28.2 Å². The fraction of sp³-hybridized carbons (Fsp3) is 0.571. The van der Waals surface area contributed by atoms with Gasteiger partial charge in [0.1, 0.15) is 0 Å². The minimum atomic E-state index is 0.103. The summed E-state index contributed by atoms with van der Waals surface area (Å²) >= 11 is 3.60. The van der Waals surface area contributed by atoms with Gasteiger partial charge in [-0.3, -0.25) is 0 Å². The maximum Gasteiger partial charge on any atom is 0.0682 e. The predicted octanol–water partition coefficient (Wildman–Crippen LogP) is 3.57. The maximum absolute atomic E-state index is 9.10. The van der Waals surface area contributed by atoms with E-state index in [4.69, 9.17) is 5.11 Å². The van der Waals surface area contributed by atoms with Crippen molar-refractivity contribution in [3.8, 4) is 0 Å². The third kappa shape index (κ3) is 3.02. The van der Waals surface area contributed by atoms with Crippen LogP contribution in [0, 0.1) is 5.41 Å². The van der Waals surface area contributed by atoms with E-state index < -0.39 is 0 Å². The smallest absolute Gasteiger partial charge is 0.0682 e. The first kappa shape index (κ1) is 12.9. The predicted molar refractivity (Wildman–Crippen MR) is 75.3 cm³/mol. The number of rotatable bonds is 2. The molecule has 1 N–H and O–H groups in total. The molecule has 17 heavy (non-hydrogen) atoms. The summed E-state index contributed by atoms with van der Waals surface area (Å²) in [6.07, 6.45) is 2.47. The Hall–Kier alpha value is -0.540. The van der Waals surface area contributed by atoms with Crippen LogP contribution in [-0.4, -0.2) is 18.2 Å². The van der Waals surface area contributed by atoms with Crippen LogP contribution in [0.2, 0.25) is 0 Å². The van der Waals surface area contributed by atoms with Gasteiger partial charge < -0.3 is 10.0 Å². The number of aliphatic hydroxyl groups excluding tert-OH is 1. The Bertz CT molecular complexity index is 393. The van der Waals surface area contributed by atoms with Crippen molar-refractivity contribution in [2.24, 2.45) is 5.41 Å². The van der Waals surface area contributed by atoms with Crippen molar-refractivity contribution in [3.63, 3.8) is 0 Å². The monoisotopic (exact) mass is 297 g/mol. The summed E-state index contributed by atoms with van der Waals surface area (Å²) in [6.45, 7) is 7.02. The SMILES string of the molecule is CC1(C)CCN(c2ccc(CO)cc2Br)CC1. The molecule has 1 aromatic rings. The largest absolute Gasteiger partial charge is 0.392 e. The lowest BCUT2D eigenvalue weighted by Crippen LogP contribution is -2.37. The molecule has 1 heterocycles. The Morgan fingerprint density at radius 2 is 1.94 bits per heavy atom. The second-order valence-electron chi connectivity index (χ2n) is 5.60. The third-order valence-corrected chi connectivity index (χ3v) is 4.29. The van der Waals surface area contributed by atoms with E-state index >= 15 is 0 Å². The fourth-order valence-corrected chi connectivity index (χ4v) is 2.94. The molecule has 0 amide bonds. The van der Waals surface area contributed by atoms with E-state index in [1.165, 1.54) is 18.5 Å². The highest BCUT2D eigenvalue weighted by molar-refractivity contribution is 9.10. The van der Waals surface area contributed by atoms with Gasteiger partial charge in [-0.25, -0.2) is 0 Å². The van der Waals surface area contributed by atoms with Crippen LogP contribution in [0.15, 0.2) is 22.7 Å². The Kier molecular flexibility index (Phi) is 3.79. The first-order valence-corrected chi connectivity index (χ1v) is 6.95. The number of halogens is 1. The molecule has 1 aromatic carbocycles. The van der Waals surface area contributed by atoms with Gasteiger partial charge in [0.2, 0.25) is 0 Å². The zero-order valence-corrected chi connectivity index (χ0v) is 12.1. The highest BCUT2D eigenvalue weighted by Crippen LogP contribution is 2.35. The van der Waals surface area contributed by atoms with Crippen molar-refractivity contribution in [1.29, 1.82) is 0 Å². The Morgan fingerprint density at radius 3 is 2.47 bits per heavy atom. The molecule has 0 radical (unpaired) electrons. The summed E-state index contributed by atoms with van der Waals surface area (Å²) in [5.41, 5.74) is 2.68. The minimum Gasteiger partial charge on any atom is -0.392 e. The quantitative estimate of drug-likeness (QED) is 0.902. The Morgan fingerprint density at radius 1 is 1.29 bits per heavy atom. The first-order chi connectivity index (χ1) is 8.02. The highest BCUT2D eigenvalue weighted by Gasteiger charge is 2.26. The third-order valence-electron chi connectivity index (χ3n) is 3.65. The van der Waals surface area contributed by atoms with Crippen LogP contribution in [0.4, 0.5) is 5.69 Å². The molecule has 0 bridgehead atoms. The molecular formula is C14H20BrNO. The molecule has 0 saturated carbocycles. The summed E-state index contributed by atoms with van der Waals surface area (Å²) in [4.78, 5) is 2.43. The molecule has 1 aliphatic rings. The van der Waals surface area contributed by atoms with Crippen molar-refractivity contribution < 1.29 is 5.11 Å². The maximum atomic E-state index is 9.10. The lowest BCUT2D eigenvalue weighted by molar-refractivity contribution is 0.279. The van der Waals surface area contributed by atoms with Gasteiger partial charge in [0.25, 0.3) is 0 Å². The molecule has 2 rings (SSSR count). The van der Waals surface area contributed by atoms with Gasteiger partial charge in [0, 0.05) is 17.6 Å². The standard InChI is InChI=1S/C14H20BrNO/c1-14(2)5-7-16(8-6-14)13-4-3-11(10-17)9-12(13)15/h3-4,9,17H,5-8,10H2,1-2H3.